The zero-order chi connectivity index (χ0) is 24.7. The van der Waals surface area contributed by atoms with E-state index in [2.05, 4.69) is 17.4 Å². The van der Waals surface area contributed by atoms with Crippen LogP contribution in [0.3, 0.4) is 0 Å². The molecule has 0 saturated carbocycles. The molecule has 0 unspecified atom stereocenters. The molecule has 1 amide bonds. The Morgan fingerprint density at radius 1 is 0.861 bits per heavy atom. The number of ether oxygens (including phenoxy) is 2. The zero-order valence-corrected chi connectivity index (χ0v) is 19.9. The van der Waals surface area contributed by atoms with E-state index in [1.165, 1.54) is 0 Å². The lowest BCUT2D eigenvalue weighted by molar-refractivity contribution is -0.121. The highest BCUT2D eigenvalue weighted by Crippen LogP contribution is 2.31. The van der Waals surface area contributed by atoms with Gasteiger partial charge in [0, 0.05) is 42.3 Å². The summed E-state index contributed by atoms with van der Waals surface area (Å²) in [6.45, 7) is 1.92. The van der Waals surface area contributed by atoms with Gasteiger partial charge in [-0.1, -0.05) is 60.7 Å². The number of carbonyl (C=O) groups excluding carboxylic acids is 2. The fourth-order valence-corrected chi connectivity index (χ4v) is 4.15. The van der Waals surface area contributed by atoms with Gasteiger partial charge in [-0.15, -0.1) is 0 Å². The third kappa shape index (κ3) is 5.63. The number of carbonyl (C=O) groups is 2. The van der Waals surface area contributed by atoms with E-state index in [1.54, 1.807) is 18.2 Å². The summed E-state index contributed by atoms with van der Waals surface area (Å²) in [5, 5.41) is 7.75. The average molecular weight is 482 g/mol. The van der Waals surface area contributed by atoms with Gasteiger partial charge in [0.15, 0.2) is 17.3 Å². The van der Waals surface area contributed by atoms with Crippen molar-refractivity contribution in [3.05, 3.63) is 102 Å². The van der Waals surface area contributed by atoms with Gasteiger partial charge in [0.2, 0.25) is 5.91 Å². The first-order chi connectivity index (χ1) is 17.7. The predicted octanol–water partition coefficient (Wildman–Crippen LogP) is 4.65. The number of fused-ring (bicyclic) bond motifs is 1. The SMILES string of the molecule is O=C(CCC(=O)c1ccc2c(c1)OCCO2)NCc1cn(Cc2ccccc2)nc1-c1ccccc1. The number of hydrogen-bond acceptors (Lipinski definition) is 5. The van der Waals surface area contributed by atoms with Crippen molar-refractivity contribution >= 4 is 11.7 Å². The fraction of sp³-hybridized carbons (Fsp3) is 0.207. The molecule has 1 aliphatic rings. The Kier molecular flexibility index (Phi) is 7.07. The maximum Gasteiger partial charge on any atom is 0.220 e. The van der Waals surface area contributed by atoms with Gasteiger partial charge in [-0.2, -0.15) is 5.10 Å². The van der Waals surface area contributed by atoms with E-state index in [0.29, 0.717) is 43.4 Å². The lowest BCUT2D eigenvalue weighted by Crippen LogP contribution is -2.23. The second-order valence-corrected chi connectivity index (χ2v) is 8.61. The molecule has 0 bridgehead atoms. The summed E-state index contributed by atoms with van der Waals surface area (Å²) in [7, 11) is 0. The van der Waals surface area contributed by atoms with Gasteiger partial charge in [-0.05, 0) is 23.8 Å². The molecule has 1 aliphatic heterocycles. The Hall–Kier alpha value is -4.39. The van der Waals surface area contributed by atoms with Crippen LogP contribution in [0, 0.1) is 0 Å². The number of hydrogen-bond donors (Lipinski definition) is 1. The van der Waals surface area contributed by atoms with Crippen LogP contribution in [-0.2, 0) is 17.9 Å². The minimum absolute atomic E-state index is 0.103. The van der Waals surface area contributed by atoms with Crippen LogP contribution in [0.4, 0.5) is 0 Å². The van der Waals surface area contributed by atoms with Crippen molar-refractivity contribution in [2.45, 2.75) is 25.9 Å². The summed E-state index contributed by atoms with van der Waals surface area (Å²) in [4.78, 5) is 25.2. The lowest BCUT2D eigenvalue weighted by Gasteiger charge is -2.18. The van der Waals surface area contributed by atoms with E-state index in [1.807, 2.05) is 59.4 Å². The Morgan fingerprint density at radius 2 is 1.58 bits per heavy atom. The third-order valence-electron chi connectivity index (χ3n) is 5.99. The van der Waals surface area contributed by atoms with E-state index in [-0.39, 0.29) is 24.5 Å². The third-order valence-corrected chi connectivity index (χ3v) is 5.99. The van der Waals surface area contributed by atoms with Crippen LogP contribution in [0.2, 0.25) is 0 Å². The summed E-state index contributed by atoms with van der Waals surface area (Å²) in [5.41, 5.74) is 4.40. The number of aromatic nitrogens is 2. The normalized spacial score (nSPS) is 12.2. The number of benzene rings is 3. The zero-order valence-electron chi connectivity index (χ0n) is 19.9. The van der Waals surface area contributed by atoms with Crippen molar-refractivity contribution in [3.63, 3.8) is 0 Å². The van der Waals surface area contributed by atoms with E-state index >= 15 is 0 Å². The molecule has 7 nitrogen and oxygen atoms in total. The van der Waals surface area contributed by atoms with Crippen molar-refractivity contribution in [2.75, 3.05) is 13.2 Å². The first kappa shape index (κ1) is 23.4. The molecular weight excluding hydrogens is 454 g/mol. The van der Waals surface area contributed by atoms with Crippen molar-refractivity contribution in [1.29, 1.82) is 0 Å². The van der Waals surface area contributed by atoms with Crippen LogP contribution in [0.1, 0.15) is 34.3 Å². The first-order valence-electron chi connectivity index (χ1n) is 12.0. The minimum Gasteiger partial charge on any atom is -0.486 e. The number of nitrogens with zero attached hydrogens (tertiary/aromatic N) is 2. The molecule has 1 aromatic heterocycles. The Labute approximate surface area is 209 Å². The van der Waals surface area contributed by atoms with Gasteiger partial charge in [-0.25, -0.2) is 0 Å². The van der Waals surface area contributed by atoms with E-state index in [9.17, 15) is 9.59 Å². The van der Waals surface area contributed by atoms with Crippen molar-refractivity contribution in [2.24, 2.45) is 0 Å². The Morgan fingerprint density at radius 3 is 2.36 bits per heavy atom. The van der Waals surface area contributed by atoms with Gasteiger partial charge in [0.1, 0.15) is 13.2 Å². The largest absolute Gasteiger partial charge is 0.486 e. The number of amides is 1. The molecule has 182 valence electrons. The molecule has 0 aliphatic carbocycles. The van der Waals surface area contributed by atoms with Crippen LogP contribution < -0.4 is 14.8 Å². The van der Waals surface area contributed by atoms with Gasteiger partial charge >= 0.3 is 0 Å². The molecule has 4 aromatic rings. The van der Waals surface area contributed by atoms with Crippen molar-refractivity contribution in [3.8, 4) is 22.8 Å². The molecule has 3 aromatic carbocycles. The summed E-state index contributed by atoms with van der Waals surface area (Å²) in [6.07, 6.45) is 2.19. The molecule has 0 atom stereocenters. The minimum atomic E-state index is -0.185. The quantitative estimate of drug-likeness (QED) is 0.352. The van der Waals surface area contributed by atoms with Crippen LogP contribution in [-0.4, -0.2) is 34.7 Å². The van der Waals surface area contributed by atoms with Crippen LogP contribution >= 0.6 is 0 Å². The van der Waals surface area contributed by atoms with Crippen molar-refractivity contribution in [1.82, 2.24) is 15.1 Å². The van der Waals surface area contributed by atoms with E-state index in [4.69, 9.17) is 14.6 Å². The summed E-state index contributed by atoms with van der Waals surface area (Å²) >= 11 is 0. The molecule has 0 fully saturated rings. The number of rotatable bonds is 9. The molecule has 5 rings (SSSR count). The first-order valence-corrected chi connectivity index (χ1v) is 12.0. The Balaban J connectivity index is 1.22. The fourth-order valence-electron chi connectivity index (χ4n) is 4.15. The topological polar surface area (TPSA) is 82.5 Å². The standard InChI is InChI=1S/C29H27N3O4/c33-25(23-11-13-26-27(17-23)36-16-15-35-26)12-14-28(34)30-18-24-20-32(19-21-7-3-1-4-8-21)31-29(24)22-9-5-2-6-10-22/h1-11,13,17,20H,12,14-16,18-19H2,(H,30,34). The molecule has 0 radical (unpaired) electrons. The lowest BCUT2D eigenvalue weighted by atomic mass is 10.1. The maximum atomic E-state index is 12.6. The molecule has 36 heavy (non-hydrogen) atoms. The number of ketones is 1. The summed E-state index contributed by atoms with van der Waals surface area (Å²) in [5.74, 6) is 0.911. The molecule has 2 heterocycles. The van der Waals surface area contributed by atoms with Crippen molar-refractivity contribution < 1.29 is 19.1 Å². The highest BCUT2D eigenvalue weighted by molar-refractivity contribution is 5.98. The van der Waals surface area contributed by atoms with E-state index < -0.39 is 0 Å². The molecule has 0 saturated heterocycles. The maximum absolute atomic E-state index is 12.6. The van der Waals surface area contributed by atoms with Crippen LogP contribution in [0.25, 0.3) is 11.3 Å². The van der Waals surface area contributed by atoms with Gasteiger partial charge in [-0.3, -0.25) is 14.3 Å². The molecule has 7 heteroatoms. The highest BCUT2D eigenvalue weighted by atomic mass is 16.6. The average Bonchev–Trinajstić information content (AvgIpc) is 3.33. The second-order valence-electron chi connectivity index (χ2n) is 8.61. The number of Topliss-reactive ketones (excluding diaryl/α,β-unsaturated/α-hetero) is 1. The highest BCUT2D eigenvalue weighted by Gasteiger charge is 2.17. The van der Waals surface area contributed by atoms with Gasteiger partial charge < -0.3 is 14.8 Å². The van der Waals surface area contributed by atoms with Crippen LogP contribution in [0.5, 0.6) is 11.5 Å². The van der Waals surface area contributed by atoms with Gasteiger partial charge in [0.25, 0.3) is 0 Å². The Bertz CT molecular complexity index is 1350. The summed E-state index contributed by atoms with van der Waals surface area (Å²) in [6, 6.07) is 25.2. The molecular formula is C29H27N3O4. The van der Waals surface area contributed by atoms with Gasteiger partial charge in [0.05, 0.1) is 12.2 Å². The monoisotopic (exact) mass is 481 g/mol. The smallest absolute Gasteiger partial charge is 0.220 e. The molecule has 0 spiro atoms. The summed E-state index contributed by atoms with van der Waals surface area (Å²) < 4.78 is 12.9. The molecule has 1 N–H and O–H groups in total. The predicted molar refractivity (Wildman–Crippen MR) is 136 cm³/mol. The number of nitrogens with one attached hydrogen (secondary N) is 1. The van der Waals surface area contributed by atoms with Crippen LogP contribution in [0.15, 0.2) is 85.1 Å². The second kappa shape index (κ2) is 10.9. The van der Waals surface area contributed by atoms with E-state index in [0.717, 1.165) is 22.4 Å².